The number of esters is 1. The third kappa shape index (κ3) is 4.49. The van der Waals surface area contributed by atoms with Crippen molar-refractivity contribution in [2.45, 2.75) is 26.6 Å². The molecule has 0 saturated carbocycles. The predicted molar refractivity (Wildman–Crippen MR) is 101 cm³/mol. The monoisotopic (exact) mass is 412 g/mol. The minimum absolute atomic E-state index is 0.169. The summed E-state index contributed by atoms with van der Waals surface area (Å²) in [5.41, 5.74) is 0.373. The lowest BCUT2D eigenvalue weighted by Gasteiger charge is -2.10. The maximum Gasteiger partial charge on any atom is 0.338 e. The van der Waals surface area contributed by atoms with Gasteiger partial charge in [-0.3, -0.25) is 0 Å². The predicted octanol–water partition coefficient (Wildman–Crippen LogP) is 3.99. The Morgan fingerprint density at radius 1 is 1.21 bits per heavy atom. The molecule has 0 amide bonds. The van der Waals surface area contributed by atoms with Crippen molar-refractivity contribution in [3.8, 4) is 16.5 Å². The number of benzene rings is 1. The molecule has 4 aromatic rings. The molecule has 1 aromatic carbocycles. The van der Waals surface area contributed by atoms with E-state index in [9.17, 15) is 4.79 Å². The number of carbonyl (C=O) groups is 1. The molecule has 0 N–H and O–H groups in total. The van der Waals surface area contributed by atoms with Crippen LogP contribution in [-0.4, -0.2) is 26.3 Å². The van der Waals surface area contributed by atoms with Gasteiger partial charge in [0, 0.05) is 6.92 Å². The summed E-state index contributed by atoms with van der Waals surface area (Å²) in [6, 6.07) is 10.3. The molecule has 0 aliphatic rings. The van der Waals surface area contributed by atoms with Crippen LogP contribution < -0.4 is 4.74 Å². The van der Waals surface area contributed by atoms with Crippen LogP contribution in [0.15, 0.2) is 50.7 Å². The van der Waals surface area contributed by atoms with Crippen molar-refractivity contribution < 1.29 is 23.2 Å². The Morgan fingerprint density at radius 2 is 2.03 bits per heavy atom. The first-order chi connectivity index (χ1) is 14.1. The third-order valence-electron chi connectivity index (χ3n) is 3.83. The van der Waals surface area contributed by atoms with Gasteiger partial charge in [-0.1, -0.05) is 11.2 Å². The molecule has 3 heterocycles. The van der Waals surface area contributed by atoms with Crippen LogP contribution in [0.4, 0.5) is 0 Å². The zero-order chi connectivity index (χ0) is 20.2. The molecule has 4 rings (SSSR count). The van der Waals surface area contributed by atoms with E-state index in [0.29, 0.717) is 28.9 Å². The fourth-order valence-corrected chi connectivity index (χ4v) is 3.06. The average molecular weight is 412 g/mol. The molecule has 0 fully saturated rings. The highest BCUT2D eigenvalue weighted by molar-refractivity contribution is 7.13. The summed E-state index contributed by atoms with van der Waals surface area (Å²) in [6.45, 7) is 3.55. The normalized spacial score (nSPS) is 11.9. The van der Waals surface area contributed by atoms with Crippen molar-refractivity contribution in [1.82, 2.24) is 20.3 Å². The molecule has 1 atom stereocenters. The van der Waals surface area contributed by atoms with Crippen LogP contribution in [0.3, 0.4) is 0 Å². The second-order valence-electron chi connectivity index (χ2n) is 6.01. The van der Waals surface area contributed by atoms with Gasteiger partial charge < -0.3 is 18.4 Å². The first-order valence-electron chi connectivity index (χ1n) is 8.69. The van der Waals surface area contributed by atoms with Crippen LogP contribution in [0, 0.1) is 6.92 Å². The van der Waals surface area contributed by atoms with E-state index in [1.807, 2.05) is 17.5 Å². The first-order valence-corrected chi connectivity index (χ1v) is 9.57. The van der Waals surface area contributed by atoms with Gasteiger partial charge in [-0.15, -0.1) is 21.5 Å². The number of hydrogen-bond acceptors (Lipinski definition) is 10. The fraction of sp³-hybridized carbons (Fsp3) is 0.211. The Hall–Kier alpha value is -3.53. The lowest BCUT2D eigenvalue weighted by molar-refractivity contribution is 0.0280. The Balaban J connectivity index is 1.34. The van der Waals surface area contributed by atoms with E-state index in [0.717, 1.165) is 4.88 Å². The van der Waals surface area contributed by atoms with Crippen LogP contribution in [0.25, 0.3) is 10.8 Å². The summed E-state index contributed by atoms with van der Waals surface area (Å²) < 4.78 is 21.5. The van der Waals surface area contributed by atoms with E-state index in [2.05, 4.69) is 20.3 Å². The molecular weight excluding hydrogens is 396 g/mol. The Kier molecular flexibility index (Phi) is 5.34. The van der Waals surface area contributed by atoms with Crippen LogP contribution >= 0.6 is 11.3 Å². The zero-order valence-electron chi connectivity index (χ0n) is 15.6. The SMILES string of the molecule is Cc1nc(COc2ccc(C(=O)OC(C)c3nnc(-c4cccs4)o3)cc2)no1. The number of rotatable bonds is 7. The van der Waals surface area contributed by atoms with Gasteiger partial charge in [0.05, 0.1) is 10.4 Å². The molecule has 1 unspecified atom stereocenters. The van der Waals surface area contributed by atoms with Gasteiger partial charge in [0.15, 0.2) is 12.7 Å². The second kappa shape index (κ2) is 8.23. The van der Waals surface area contributed by atoms with Crippen LogP contribution in [-0.2, 0) is 11.3 Å². The molecule has 148 valence electrons. The van der Waals surface area contributed by atoms with E-state index in [1.54, 1.807) is 38.1 Å². The van der Waals surface area contributed by atoms with E-state index in [4.69, 9.17) is 18.4 Å². The van der Waals surface area contributed by atoms with Gasteiger partial charge in [0.2, 0.25) is 11.7 Å². The fourth-order valence-electron chi connectivity index (χ4n) is 2.41. The van der Waals surface area contributed by atoms with Crippen molar-refractivity contribution in [3.05, 3.63) is 64.9 Å². The summed E-state index contributed by atoms with van der Waals surface area (Å²) in [5.74, 6) is 1.61. The second-order valence-corrected chi connectivity index (χ2v) is 6.96. The molecule has 0 aliphatic carbocycles. The average Bonchev–Trinajstić information content (AvgIpc) is 3.48. The molecular formula is C19H16N4O5S. The molecule has 0 bridgehead atoms. The van der Waals surface area contributed by atoms with E-state index in [-0.39, 0.29) is 12.5 Å². The summed E-state index contributed by atoms with van der Waals surface area (Å²) >= 11 is 1.49. The number of aryl methyl sites for hydroxylation is 1. The lowest BCUT2D eigenvalue weighted by atomic mass is 10.2. The van der Waals surface area contributed by atoms with Gasteiger partial charge in [0.1, 0.15) is 5.75 Å². The number of hydrogen-bond donors (Lipinski definition) is 0. The van der Waals surface area contributed by atoms with Gasteiger partial charge in [0.25, 0.3) is 11.8 Å². The summed E-state index contributed by atoms with van der Waals surface area (Å²) in [5, 5.41) is 13.6. The molecule has 3 aromatic heterocycles. The van der Waals surface area contributed by atoms with E-state index in [1.165, 1.54) is 11.3 Å². The van der Waals surface area contributed by atoms with Crippen LogP contribution in [0.2, 0.25) is 0 Å². The molecule has 10 heteroatoms. The van der Waals surface area contributed by atoms with Crippen molar-refractivity contribution in [2.75, 3.05) is 0 Å². The van der Waals surface area contributed by atoms with Crippen molar-refractivity contribution in [3.63, 3.8) is 0 Å². The highest BCUT2D eigenvalue weighted by Gasteiger charge is 2.20. The zero-order valence-corrected chi connectivity index (χ0v) is 16.4. The number of aromatic nitrogens is 4. The minimum atomic E-state index is -0.680. The smallest absolute Gasteiger partial charge is 0.338 e. The first kappa shape index (κ1) is 18.8. The highest BCUT2D eigenvalue weighted by Crippen LogP contribution is 2.26. The molecule has 0 saturated heterocycles. The largest absolute Gasteiger partial charge is 0.485 e. The van der Waals surface area contributed by atoms with Crippen molar-refractivity contribution >= 4 is 17.3 Å². The summed E-state index contributed by atoms with van der Waals surface area (Å²) in [7, 11) is 0. The number of nitrogens with zero attached hydrogens (tertiary/aromatic N) is 4. The molecule has 0 aliphatic heterocycles. The Labute approximate surface area is 169 Å². The molecule has 0 radical (unpaired) electrons. The van der Waals surface area contributed by atoms with Crippen molar-refractivity contribution in [2.24, 2.45) is 0 Å². The maximum atomic E-state index is 12.4. The standard InChI is InChI=1S/C19H16N4O5S/c1-11(17-21-22-18(27-17)15-4-3-9-29-15)26-19(24)13-5-7-14(8-6-13)25-10-16-20-12(2)28-23-16/h3-9,11H,10H2,1-2H3. The quantitative estimate of drug-likeness (QED) is 0.416. The number of ether oxygens (including phenoxy) is 2. The molecule has 0 spiro atoms. The number of carbonyl (C=O) groups excluding carboxylic acids is 1. The van der Waals surface area contributed by atoms with Gasteiger partial charge >= 0.3 is 5.97 Å². The Morgan fingerprint density at radius 3 is 2.72 bits per heavy atom. The molecule has 29 heavy (non-hydrogen) atoms. The van der Waals surface area contributed by atoms with Gasteiger partial charge in [-0.05, 0) is 42.6 Å². The van der Waals surface area contributed by atoms with Gasteiger partial charge in [-0.2, -0.15) is 4.98 Å². The third-order valence-corrected chi connectivity index (χ3v) is 4.69. The Bertz CT molecular complexity index is 1090. The maximum absolute atomic E-state index is 12.4. The number of thiophene rings is 1. The van der Waals surface area contributed by atoms with E-state index < -0.39 is 12.1 Å². The molecule has 9 nitrogen and oxygen atoms in total. The lowest BCUT2D eigenvalue weighted by Crippen LogP contribution is -2.09. The minimum Gasteiger partial charge on any atom is -0.485 e. The van der Waals surface area contributed by atoms with Crippen molar-refractivity contribution in [1.29, 1.82) is 0 Å². The summed E-state index contributed by atoms with van der Waals surface area (Å²) in [6.07, 6.45) is -0.680. The topological polar surface area (TPSA) is 113 Å². The summed E-state index contributed by atoms with van der Waals surface area (Å²) in [4.78, 5) is 17.3. The van der Waals surface area contributed by atoms with Crippen LogP contribution in [0.1, 0.15) is 41.0 Å². The van der Waals surface area contributed by atoms with Crippen LogP contribution in [0.5, 0.6) is 5.75 Å². The van der Waals surface area contributed by atoms with Gasteiger partial charge in [-0.25, -0.2) is 4.79 Å². The van der Waals surface area contributed by atoms with E-state index >= 15 is 0 Å². The highest BCUT2D eigenvalue weighted by atomic mass is 32.1.